The van der Waals surface area contributed by atoms with Crippen LogP contribution in [-0.4, -0.2) is 13.1 Å². The van der Waals surface area contributed by atoms with E-state index in [0.29, 0.717) is 17.9 Å². The molecule has 1 aliphatic rings. The molecular formula is C15H13NO3. The van der Waals surface area contributed by atoms with Gasteiger partial charge in [0.05, 0.1) is 18.4 Å². The standard InChI is InChI=1S/C15H13NO3/c1-18-15(17)10-6-7-11-9-16-12-4-2-3-5-13(12)19-14(11)8-10/h2-8,16H,9H2,1H3. The van der Waals surface area contributed by atoms with Gasteiger partial charge in [0.1, 0.15) is 5.75 Å². The topological polar surface area (TPSA) is 47.6 Å². The fraction of sp³-hybridized carbons (Fsp3) is 0.133. The monoisotopic (exact) mass is 255 g/mol. The lowest BCUT2D eigenvalue weighted by Gasteiger charge is -2.08. The maximum Gasteiger partial charge on any atom is 0.337 e. The number of nitrogens with one attached hydrogen (secondary N) is 1. The third kappa shape index (κ3) is 2.12. The lowest BCUT2D eigenvalue weighted by atomic mass is 10.1. The molecule has 3 rings (SSSR count). The summed E-state index contributed by atoms with van der Waals surface area (Å²) in [7, 11) is 1.37. The van der Waals surface area contributed by atoms with Gasteiger partial charge in [0.15, 0.2) is 5.75 Å². The highest BCUT2D eigenvalue weighted by Crippen LogP contribution is 2.35. The summed E-state index contributed by atoms with van der Waals surface area (Å²) in [4.78, 5) is 11.5. The van der Waals surface area contributed by atoms with Crippen LogP contribution in [0.3, 0.4) is 0 Å². The molecular weight excluding hydrogens is 242 g/mol. The number of hydrogen-bond acceptors (Lipinski definition) is 4. The number of anilines is 1. The Morgan fingerprint density at radius 3 is 2.89 bits per heavy atom. The van der Waals surface area contributed by atoms with E-state index in [1.54, 1.807) is 12.1 Å². The Bertz CT molecular complexity index is 637. The van der Waals surface area contributed by atoms with Gasteiger partial charge < -0.3 is 14.8 Å². The van der Waals surface area contributed by atoms with Crippen molar-refractivity contribution in [2.75, 3.05) is 12.4 Å². The number of ether oxygens (including phenoxy) is 2. The van der Waals surface area contributed by atoms with Crippen molar-refractivity contribution in [3.8, 4) is 11.5 Å². The zero-order valence-corrected chi connectivity index (χ0v) is 10.5. The smallest absolute Gasteiger partial charge is 0.337 e. The van der Waals surface area contributed by atoms with Gasteiger partial charge in [-0.3, -0.25) is 0 Å². The Hall–Kier alpha value is -2.49. The molecule has 0 saturated carbocycles. The molecule has 0 saturated heterocycles. The van der Waals surface area contributed by atoms with E-state index in [1.165, 1.54) is 7.11 Å². The Balaban J connectivity index is 2.02. The van der Waals surface area contributed by atoms with Crippen LogP contribution in [0, 0.1) is 0 Å². The number of benzene rings is 2. The molecule has 4 nitrogen and oxygen atoms in total. The van der Waals surface area contributed by atoms with Gasteiger partial charge in [0.2, 0.25) is 0 Å². The van der Waals surface area contributed by atoms with Crippen LogP contribution < -0.4 is 10.1 Å². The van der Waals surface area contributed by atoms with Crippen LogP contribution in [0.5, 0.6) is 11.5 Å². The molecule has 0 fully saturated rings. The van der Waals surface area contributed by atoms with Crippen molar-refractivity contribution in [2.45, 2.75) is 6.54 Å². The molecule has 1 heterocycles. The molecule has 1 aliphatic heterocycles. The highest BCUT2D eigenvalue weighted by Gasteiger charge is 2.16. The second-order valence-electron chi connectivity index (χ2n) is 4.27. The van der Waals surface area contributed by atoms with Gasteiger partial charge in [-0.25, -0.2) is 4.79 Å². The average Bonchev–Trinajstić information content (AvgIpc) is 2.64. The molecule has 4 heteroatoms. The van der Waals surface area contributed by atoms with Crippen molar-refractivity contribution < 1.29 is 14.3 Å². The molecule has 96 valence electrons. The minimum Gasteiger partial charge on any atom is -0.465 e. The van der Waals surface area contributed by atoms with E-state index in [1.807, 2.05) is 30.3 Å². The maximum absolute atomic E-state index is 11.5. The van der Waals surface area contributed by atoms with E-state index in [0.717, 1.165) is 17.0 Å². The fourth-order valence-corrected chi connectivity index (χ4v) is 2.05. The summed E-state index contributed by atoms with van der Waals surface area (Å²) in [6.07, 6.45) is 0. The Morgan fingerprint density at radius 1 is 1.21 bits per heavy atom. The van der Waals surface area contributed by atoms with Crippen LogP contribution in [0.25, 0.3) is 0 Å². The molecule has 2 aromatic carbocycles. The van der Waals surface area contributed by atoms with Crippen LogP contribution in [-0.2, 0) is 11.3 Å². The van der Waals surface area contributed by atoms with Crippen molar-refractivity contribution >= 4 is 11.7 Å². The number of fused-ring (bicyclic) bond motifs is 2. The van der Waals surface area contributed by atoms with Gasteiger partial charge in [-0.1, -0.05) is 18.2 Å². The molecule has 0 amide bonds. The Labute approximate surface area is 111 Å². The summed E-state index contributed by atoms with van der Waals surface area (Å²) in [5, 5.41) is 3.30. The summed E-state index contributed by atoms with van der Waals surface area (Å²) in [5.74, 6) is 1.07. The number of esters is 1. The van der Waals surface area contributed by atoms with Crippen molar-refractivity contribution in [3.05, 3.63) is 53.6 Å². The summed E-state index contributed by atoms with van der Waals surface area (Å²) in [6.45, 7) is 0.661. The molecule has 0 spiro atoms. The van der Waals surface area contributed by atoms with Crippen LogP contribution in [0.2, 0.25) is 0 Å². The van der Waals surface area contributed by atoms with Crippen molar-refractivity contribution in [1.29, 1.82) is 0 Å². The number of para-hydroxylation sites is 2. The van der Waals surface area contributed by atoms with E-state index in [2.05, 4.69) is 5.32 Å². The zero-order valence-electron chi connectivity index (χ0n) is 10.5. The van der Waals surface area contributed by atoms with Crippen molar-refractivity contribution in [2.24, 2.45) is 0 Å². The highest BCUT2D eigenvalue weighted by molar-refractivity contribution is 5.90. The van der Waals surface area contributed by atoms with Gasteiger partial charge in [0.25, 0.3) is 0 Å². The largest absolute Gasteiger partial charge is 0.465 e. The highest BCUT2D eigenvalue weighted by atomic mass is 16.5. The van der Waals surface area contributed by atoms with E-state index in [-0.39, 0.29) is 5.97 Å². The molecule has 0 unspecified atom stereocenters. The third-order valence-corrected chi connectivity index (χ3v) is 3.06. The molecule has 0 aromatic heterocycles. The van der Waals surface area contributed by atoms with Gasteiger partial charge in [-0.05, 0) is 24.3 Å². The van der Waals surface area contributed by atoms with Crippen LogP contribution in [0.15, 0.2) is 42.5 Å². The fourth-order valence-electron chi connectivity index (χ4n) is 2.05. The molecule has 19 heavy (non-hydrogen) atoms. The van der Waals surface area contributed by atoms with Gasteiger partial charge in [-0.2, -0.15) is 0 Å². The second kappa shape index (κ2) is 4.65. The average molecular weight is 255 g/mol. The molecule has 0 atom stereocenters. The molecule has 1 N–H and O–H groups in total. The van der Waals surface area contributed by atoms with E-state index in [4.69, 9.17) is 9.47 Å². The summed E-state index contributed by atoms with van der Waals surface area (Å²) in [5.41, 5.74) is 2.43. The first-order valence-corrected chi connectivity index (χ1v) is 6.00. The first-order valence-electron chi connectivity index (χ1n) is 6.00. The predicted molar refractivity (Wildman–Crippen MR) is 71.6 cm³/mol. The number of carbonyl (C=O) groups excluding carboxylic acids is 1. The van der Waals surface area contributed by atoms with Gasteiger partial charge in [-0.15, -0.1) is 0 Å². The number of methoxy groups -OCH3 is 1. The van der Waals surface area contributed by atoms with Crippen LogP contribution >= 0.6 is 0 Å². The quantitative estimate of drug-likeness (QED) is 0.795. The minimum absolute atomic E-state index is 0.364. The number of hydrogen-bond donors (Lipinski definition) is 1. The minimum atomic E-state index is -0.364. The first kappa shape index (κ1) is 11.6. The summed E-state index contributed by atoms with van der Waals surface area (Å²) in [6, 6.07) is 13.0. The third-order valence-electron chi connectivity index (χ3n) is 3.06. The van der Waals surface area contributed by atoms with Crippen molar-refractivity contribution in [1.82, 2.24) is 0 Å². The van der Waals surface area contributed by atoms with E-state index >= 15 is 0 Å². The maximum atomic E-state index is 11.5. The van der Waals surface area contributed by atoms with E-state index in [9.17, 15) is 4.79 Å². The lowest BCUT2D eigenvalue weighted by molar-refractivity contribution is 0.0600. The summed E-state index contributed by atoms with van der Waals surface area (Å²) >= 11 is 0. The Kier molecular flexibility index (Phi) is 2.83. The van der Waals surface area contributed by atoms with E-state index < -0.39 is 0 Å². The van der Waals surface area contributed by atoms with Crippen LogP contribution in [0.4, 0.5) is 5.69 Å². The first-order chi connectivity index (χ1) is 9.28. The summed E-state index contributed by atoms with van der Waals surface area (Å²) < 4.78 is 10.6. The zero-order chi connectivity index (χ0) is 13.2. The molecule has 0 aliphatic carbocycles. The second-order valence-corrected chi connectivity index (χ2v) is 4.27. The molecule has 0 bridgehead atoms. The van der Waals surface area contributed by atoms with Gasteiger partial charge >= 0.3 is 5.97 Å². The lowest BCUT2D eigenvalue weighted by Crippen LogP contribution is -2.03. The molecule has 0 radical (unpaired) electrons. The molecule has 2 aromatic rings. The van der Waals surface area contributed by atoms with Crippen molar-refractivity contribution in [3.63, 3.8) is 0 Å². The van der Waals surface area contributed by atoms with Gasteiger partial charge in [0, 0.05) is 12.1 Å². The number of rotatable bonds is 1. The number of carbonyl (C=O) groups is 1. The Morgan fingerprint density at radius 2 is 2.05 bits per heavy atom. The van der Waals surface area contributed by atoms with Crippen LogP contribution in [0.1, 0.15) is 15.9 Å². The SMILES string of the molecule is COC(=O)c1ccc2c(c1)Oc1ccccc1NC2. The predicted octanol–water partition coefficient (Wildman–Crippen LogP) is 3.19. The normalized spacial score (nSPS) is 12.3.